The molecule has 0 unspecified atom stereocenters. The van der Waals surface area contributed by atoms with Crippen LogP contribution in [-0.2, 0) is 16.0 Å². The number of phenolic OH excluding ortho intramolecular Hbond substituents is 1. The molecule has 5 nitrogen and oxygen atoms in total. The highest BCUT2D eigenvalue weighted by molar-refractivity contribution is 5.92. The normalized spacial score (nSPS) is 12.9. The molecule has 2 aromatic rings. The summed E-state index contributed by atoms with van der Waals surface area (Å²) >= 11 is 0. The Labute approximate surface area is 147 Å². The van der Waals surface area contributed by atoms with Gasteiger partial charge in [0.25, 0.3) is 5.91 Å². The summed E-state index contributed by atoms with van der Waals surface area (Å²) in [6.07, 6.45) is 0.777. The Kier molecular flexibility index (Phi) is 6.57. The molecule has 2 aromatic carbocycles. The number of aryl methyl sites for hydroxylation is 1. The fourth-order valence-electron chi connectivity index (χ4n) is 2.34. The highest BCUT2D eigenvalue weighted by Gasteiger charge is 2.20. The molecule has 2 rings (SSSR count). The van der Waals surface area contributed by atoms with E-state index in [0.29, 0.717) is 0 Å². The first-order valence-electron chi connectivity index (χ1n) is 8.30. The van der Waals surface area contributed by atoms with E-state index in [1.54, 1.807) is 0 Å². The molecule has 0 heterocycles. The van der Waals surface area contributed by atoms with E-state index in [1.807, 2.05) is 25.1 Å². The number of ether oxygens (including phenoxy) is 1. The molecule has 2 N–H and O–H groups in total. The molecule has 0 saturated carbocycles. The number of rotatable bonds is 7. The zero-order valence-electron chi connectivity index (χ0n) is 14.4. The molecule has 0 aliphatic heterocycles. The van der Waals surface area contributed by atoms with Crippen molar-refractivity contribution in [3.8, 4) is 5.75 Å². The molecular formula is C20H23NO4. The molecule has 0 spiro atoms. The second kappa shape index (κ2) is 8.87. The summed E-state index contributed by atoms with van der Waals surface area (Å²) in [5.74, 6) is -0.859. The summed E-state index contributed by atoms with van der Waals surface area (Å²) in [6, 6.07) is 15.7. The largest absolute Gasteiger partial charge is 0.508 e. The van der Waals surface area contributed by atoms with Crippen LogP contribution in [0.1, 0.15) is 36.2 Å². The maximum atomic E-state index is 12.2. The Bertz CT molecular complexity index is 697. The number of phenols is 1. The fraction of sp³-hybridized carbons (Fsp3) is 0.300. The van der Waals surface area contributed by atoms with Gasteiger partial charge in [-0.2, -0.15) is 0 Å². The van der Waals surface area contributed by atoms with Crippen LogP contribution in [0.3, 0.4) is 0 Å². The zero-order valence-corrected chi connectivity index (χ0v) is 14.4. The van der Waals surface area contributed by atoms with Crippen molar-refractivity contribution in [2.24, 2.45) is 0 Å². The van der Waals surface area contributed by atoms with E-state index in [2.05, 4.69) is 17.4 Å². The van der Waals surface area contributed by atoms with Crippen LogP contribution in [-0.4, -0.2) is 29.1 Å². The number of amides is 1. The van der Waals surface area contributed by atoms with Gasteiger partial charge in [0.2, 0.25) is 0 Å². The number of hydrogen-bond donors (Lipinski definition) is 2. The number of carbonyl (C=O) groups excluding carboxylic acids is 2. The molecule has 0 radical (unpaired) electrons. The van der Waals surface area contributed by atoms with E-state index in [9.17, 15) is 14.7 Å². The molecule has 1 amide bonds. The van der Waals surface area contributed by atoms with Crippen molar-refractivity contribution in [2.45, 2.75) is 38.8 Å². The third kappa shape index (κ3) is 5.95. The lowest BCUT2D eigenvalue weighted by Gasteiger charge is -2.18. The number of carbonyl (C=O) groups is 2. The van der Waals surface area contributed by atoms with Gasteiger partial charge in [-0.15, -0.1) is 0 Å². The van der Waals surface area contributed by atoms with Crippen molar-refractivity contribution in [2.75, 3.05) is 0 Å². The van der Waals surface area contributed by atoms with Crippen molar-refractivity contribution >= 4 is 11.9 Å². The van der Waals surface area contributed by atoms with E-state index in [0.717, 1.165) is 12.8 Å². The van der Waals surface area contributed by atoms with Crippen LogP contribution >= 0.6 is 0 Å². The molecule has 0 saturated heterocycles. The average molecular weight is 341 g/mol. The van der Waals surface area contributed by atoms with Crippen LogP contribution < -0.4 is 5.32 Å². The van der Waals surface area contributed by atoms with Crippen LogP contribution in [0.2, 0.25) is 0 Å². The van der Waals surface area contributed by atoms with E-state index in [4.69, 9.17) is 4.74 Å². The second-order valence-electron chi connectivity index (χ2n) is 6.03. The maximum absolute atomic E-state index is 12.2. The molecule has 0 aliphatic carbocycles. The van der Waals surface area contributed by atoms with Crippen LogP contribution in [0.5, 0.6) is 5.75 Å². The fourth-order valence-corrected chi connectivity index (χ4v) is 2.34. The standard InChI is InChI=1S/C20H23NO4/c1-14(8-9-16-6-4-3-5-7-16)21-19(23)15(2)25-20(24)17-10-12-18(22)13-11-17/h3-7,10-15,22H,8-9H2,1-2H3,(H,21,23)/t14-,15-/m1/s1. The van der Waals surface area contributed by atoms with Crippen molar-refractivity contribution in [1.82, 2.24) is 5.32 Å². The van der Waals surface area contributed by atoms with E-state index in [-0.39, 0.29) is 23.3 Å². The minimum absolute atomic E-state index is 0.0254. The molecule has 132 valence electrons. The SMILES string of the molecule is C[C@H](CCc1ccccc1)NC(=O)[C@@H](C)OC(=O)c1ccc(O)cc1. The Morgan fingerprint density at radius 3 is 2.32 bits per heavy atom. The minimum Gasteiger partial charge on any atom is -0.508 e. The van der Waals surface area contributed by atoms with Crippen LogP contribution in [0, 0.1) is 0 Å². The molecule has 0 aromatic heterocycles. The first kappa shape index (κ1) is 18.5. The quantitative estimate of drug-likeness (QED) is 0.759. The highest BCUT2D eigenvalue weighted by atomic mass is 16.5. The molecular weight excluding hydrogens is 318 g/mol. The lowest BCUT2D eigenvalue weighted by atomic mass is 10.1. The Morgan fingerprint density at radius 1 is 1.04 bits per heavy atom. The Hall–Kier alpha value is -2.82. The van der Waals surface area contributed by atoms with Gasteiger partial charge in [0.1, 0.15) is 5.75 Å². The molecule has 2 atom stereocenters. The molecule has 0 bridgehead atoms. The van der Waals surface area contributed by atoms with Gasteiger partial charge in [0.15, 0.2) is 6.10 Å². The van der Waals surface area contributed by atoms with E-state index in [1.165, 1.54) is 36.8 Å². The third-order valence-electron chi connectivity index (χ3n) is 3.85. The number of benzene rings is 2. The zero-order chi connectivity index (χ0) is 18.2. The minimum atomic E-state index is -0.888. The predicted octanol–water partition coefficient (Wildman–Crippen LogP) is 3.08. The lowest BCUT2D eigenvalue weighted by Crippen LogP contribution is -2.41. The smallest absolute Gasteiger partial charge is 0.338 e. The first-order chi connectivity index (χ1) is 12.0. The molecule has 25 heavy (non-hydrogen) atoms. The van der Waals surface area contributed by atoms with Crippen LogP contribution in [0.25, 0.3) is 0 Å². The highest BCUT2D eigenvalue weighted by Crippen LogP contribution is 2.11. The molecule has 0 fully saturated rings. The van der Waals surface area contributed by atoms with Crippen molar-refractivity contribution in [3.05, 3.63) is 65.7 Å². The predicted molar refractivity (Wildman–Crippen MR) is 95.4 cm³/mol. The number of esters is 1. The summed E-state index contributed by atoms with van der Waals surface area (Å²) in [5, 5.41) is 12.1. The average Bonchev–Trinajstić information content (AvgIpc) is 2.61. The lowest BCUT2D eigenvalue weighted by molar-refractivity contribution is -0.129. The van der Waals surface area contributed by atoms with Crippen molar-refractivity contribution in [1.29, 1.82) is 0 Å². The summed E-state index contributed by atoms with van der Waals surface area (Å²) in [7, 11) is 0. The summed E-state index contributed by atoms with van der Waals surface area (Å²) in [6.45, 7) is 3.47. The van der Waals surface area contributed by atoms with Crippen molar-refractivity contribution < 1.29 is 19.4 Å². The monoisotopic (exact) mass is 341 g/mol. The molecule has 0 aliphatic rings. The van der Waals surface area contributed by atoms with Gasteiger partial charge in [0, 0.05) is 6.04 Å². The van der Waals surface area contributed by atoms with Crippen LogP contribution in [0.4, 0.5) is 0 Å². The van der Waals surface area contributed by atoms with Gasteiger partial charge in [-0.3, -0.25) is 4.79 Å². The summed E-state index contributed by atoms with van der Waals surface area (Å²) in [5.41, 5.74) is 1.50. The summed E-state index contributed by atoms with van der Waals surface area (Å²) in [4.78, 5) is 24.1. The maximum Gasteiger partial charge on any atom is 0.338 e. The summed E-state index contributed by atoms with van der Waals surface area (Å²) < 4.78 is 5.17. The topological polar surface area (TPSA) is 75.6 Å². The van der Waals surface area contributed by atoms with Gasteiger partial charge < -0.3 is 15.2 Å². The number of nitrogens with one attached hydrogen (secondary N) is 1. The first-order valence-corrected chi connectivity index (χ1v) is 8.30. The van der Waals surface area contributed by atoms with E-state index < -0.39 is 12.1 Å². The van der Waals surface area contributed by atoms with Crippen molar-refractivity contribution in [3.63, 3.8) is 0 Å². The van der Waals surface area contributed by atoms with Crippen LogP contribution in [0.15, 0.2) is 54.6 Å². The van der Waals surface area contributed by atoms with E-state index >= 15 is 0 Å². The van der Waals surface area contributed by atoms with Gasteiger partial charge in [-0.05, 0) is 56.5 Å². The van der Waals surface area contributed by atoms with Gasteiger partial charge in [0.05, 0.1) is 5.56 Å². The second-order valence-corrected chi connectivity index (χ2v) is 6.03. The third-order valence-corrected chi connectivity index (χ3v) is 3.85. The van der Waals surface area contributed by atoms with Gasteiger partial charge in [-0.1, -0.05) is 30.3 Å². The molecule has 5 heteroatoms. The Balaban J connectivity index is 1.79. The number of hydrogen-bond acceptors (Lipinski definition) is 4. The van der Waals surface area contributed by atoms with Gasteiger partial charge in [-0.25, -0.2) is 4.79 Å². The van der Waals surface area contributed by atoms with Gasteiger partial charge >= 0.3 is 5.97 Å². The number of aromatic hydroxyl groups is 1. The Morgan fingerprint density at radius 2 is 1.68 bits per heavy atom.